The van der Waals surface area contributed by atoms with Crippen molar-refractivity contribution in [2.75, 3.05) is 12.8 Å². The van der Waals surface area contributed by atoms with Gasteiger partial charge in [0.2, 0.25) is 0 Å². The minimum atomic E-state index is -2.66. The first-order valence-electron chi connectivity index (χ1n) is 3.91. The highest BCUT2D eigenvalue weighted by molar-refractivity contribution is 5.60. The second-order valence-corrected chi connectivity index (χ2v) is 2.61. The molecule has 0 spiro atoms. The minimum absolute atomic E-state index is 0.0941. The average molecular weight is 203 g/mol. The van der Waals surface area contributed by atoms with Crippen molar-refractivity contribution in [3.63, 3.8) is 0 Å². The number of halogens is 2. The van der Waals surface area contributed by atoms with Crippen LogP contribution in [0.3, 0.4) is 0 Å². The molecule has 0 aliphatic carbocycles. The maximum atomic E-state index is 12.4. The van der Waals surface area contributed by atoms with E-state index >= 15 is 0 Å². The molecule has 0 fully saturated rings. The van der Waals surface area contributed by atoms with Gasteiger partial charge in [0.1, 0.15) is 0 Å². The molecule has 0 atom stereocenters. The monoisotopic (exact) mass is 203 g/mol. The Morgan fingerprint density at radius 3 is 2.64 bits per heavy atom. The number of anilines is 1. The number of nitrogens with two attached hydrogens (primary N) is 2. The van der Waals surface area contributed by atoms with Crippen molar-refractivity contribution in [2.24, 2.45) is 5.73 Å². The molecule has 1 heterocycles. The molecule has 1 aromatic heterocycles. The lowest BCUT2D eigenvalue weighted by Crippen LogP contribution is -2.08. The van der Waals surface area contributed by atoms with Crippen LogP contribution in [-0.2, 0) is 6.54 Å². The SMILES string of the molecule is COc1c(CN)ncc(C(F)F)c1N. The molecule has 0 saturated carbocycles. The Labute approximate surface area is 79.9 Å². The molecule has 14 heavy (non-hydrogen) atoms. The summed E-state index contributed by atoms with van der Waals surface area (Å²) in [6, 6.07) is 0. The van der Waals surface area contributed by atoms with Gasteiger partial charge in [-0.05, 0) is 0 Å². The van der Waals surface area contributed by atoms with Crippen LogP contribution in [0.15, 0.2) is 6.20 Å². The van der Waals surface area contributed by atoms with Gasteiger partial charge in [-0.15, -0.1) is 0 Å². The van der Waals surface area contributed by atoms with Gasteiger partial charge in [0, 0.05) is 12.7 Å². The molecule has 1 aromatic rings. The smallest absolute Gasteiger partial charge is 0.267 e. The normalized spacial score (nSPS) is 10.6. The Bertz CT molecular complexity index is 331. The van der Waals surface area contributed by atoms with Crippen molar-refractivity contribution in [1.29, 1.82) is 0 Å². The van der Waals surface area contributed by atoms with E-state index in [2.05, 4.69) is 4.98 Å². The number of ether oxygens (including phenoxy) is 1. The molecule has 0 aliphatic rings. The van der Waals surface area contributed by atoms with Gasteiger partial charge >= 0.3 is 0 Å². The molecule has 4 N–H and O–H groups in total. The van der Waals surface area contributed by atoms with E-state index in [4.69, 9.17) is 16.2 Å². The van der Waals surface area contributed by atoms with Crippen LogP contribution in [0.1, 0.15) is 17.7 Å². The minimum Gasteiger partial charge on any atom is -0.493 e. The first-order valence-corrected chi connectivity index (χ1v) is 3.91. The molecule has 0 bridgehead atoms. The summed E-state index contributed by atoms with van der Waals surface area (Å²) in [5.41, 5.74) is 10.7. The lowest BCUT2D eigenvalue weighted by Gasteiger charge is -2.12. The summed E-state index contributed by atoms with van der Waals surface area (Å²) in [6.45, 7) is 0.0941. The Morgan fingerprint density at radius 2 is 2.21 bits per heavy atom. The molecule has 0 aromatic carbocycles. The maximum Gasteiger partial charge on any atom is 0.267 e. The van der Waals surface area contributed by atoms with E-state index in [1.165, 1.54) is 7.11 Å². The Morgan fingerprint density at radius 1 is 1.57 bits per heavy atom. The average Bonchev–Trinajstić information content (AvgIpc) is 2.16. The summed E-state index contributed by atoms with van der Waals surface area (Å²) < 4.78 is 29.6. The predicted octanol–water partition coefficient (Wildman–Crippen LogP) is 1.07. The number of hydrogen-bond donors (Lipinski definition) is 2. The van der Waals surface area contributed by atoms with Crippen molar-refractivity contribution in [3.05, 3.63) is 17.5 Å². The number of aromatic nitrogens is 1. The van der Waals surface area contributed by atoms with Gasteiger partial charge in [-0.2, -0.15) is 0 Å². The van der Waals surface area contributed by atoms with E-state index in [9.17, 15) is 8.78 Å². The quantitative estimate of drug-likeness (QED) is 0.770. The second-order valence-electron chi connectivity index (χ2n) is 2.61. The summed E-state index contributed by atoms with van der Waals surface area (Å²) in [7, 11) is 1.34. The number of nitrogen functional groups attached to an aromatic ring is 1. The Hall–Kier alpha value is -1.43. The number of pyridine rings is 1. The molecule has 0 aliphatic heterocycles. The molecule has 0 saturated heterocycles. The van der Waals surface area contributed by atoms with Crippen molar-refractivity contribution in [3.8, 4) is 5.75 Å². The highest BCUT2D eigenvalue weighted by Crippen LogP contribution is 2.33. The van der Waals surface area contributed by atoms with Crippen molar-refractivity contribution >= 4 is 5.69 Å². The van der Waals surface area contributed by atoms with Crippen LogP contribution in [0.4, 0.5) is 14.5 Å². The van der Waals surface area contributed by atoms with Crippen LogP contribution in [0, 0.1) is 0 Å². The lowest BCUT2D eigenvalue weighted by molar-refractivity contribution is 0.151. The summed E-state index contributed by atoms with van der Waals surface area (Å²) in [5.74, 6) is 0.130. The fourth-order valence-corrected chi connectivity index (χ4v) is 1.11. The van der Waals surface area contributed by atoms with Crippen LogP contribution in [0.5, 0.6) is 5.75 Å². The van der Waals surface area contributed by atoms with Gasteiger partial charge in [-0.1, -0.05) is 0 Å². The molecule has 78 valence electrons. The first kappa shape index (κ1) is 10.6. The summed E-state index contributed by atoms with van der Waals surface area (Å²) in [6.07, 6.45) is -1.65. The van der Waals surface area contributed by atoms with E-state index in [0.29, 0.717) is 5.69 Å². The van der Waals surface area contributed by atoms with Gasteiger partial charge in [-0.25, -0.2) is 8.78 Å². The van der Waals surface area contributed by atoms with E-state index in [-0.39, 0.29) is 23.5 Å². The third kappa shape index (κ3) is 1.74. The summed E-state index contributed by atoms with van der Waals surface area (Å²) >= 11 is 0. The van der Waals surface area contributed by atoms with Gasteiger partial charge in [-0.3, -0.25) is 4.98 Å². The standard InChI is InChI=1S/C8H11F2N3O/c1-14-7-5(2-11)13-3-4(6(7)12)8(9)10/h3,8H,2,11H2,1H3,(H2,12,13). The second kappa shape index (κ2) is 4.19. The van der Waals surface area contributed by atoms with Gasteiger partial charge in [0.15, 0.2) is 5.75 Å². The number of alkyl halides is 2. The van der Waals surface area contributed by atoms with Crippen molar-refractivity contribution < 1.29 is 13.5 Å². The molecular weight excluding hydrogens is 192 g/mol. The zero-order valence-electron chi connectivity index (χ0n) is 7.63. The molecule has 6 heteroatoms. The zero-order valence-corrected chi connectivity index (χ0v) is 7.63. The lowest BCUT2D eigenvalue weighted by atomic mass is 10.2. The zero-order chi connectivity index (χ0) is 10.7. The highest BCUT2D eigenvalue weighted by atomic mass is 19.3. The van der Waals surface area contributed by atoms with Crippen molar-refractivity contribution in [2.45, 2.75) is 13.0 Å². The number of hydrogen-bond acceptors (Lipinski definition) is 4. The van der Waals surface area contributed by atoms with E-state index in [1.807, 2.05) is 0 Å². The Balaban J connectivity index is 3.27. The van der Waals surface area contributed by atoms with Gasteiger partial charge < -0.3 is 16.2 Å². The summed E-state index contributed by atoms with van der Waals surface area (Å²) in [5, 5.41) is 0. The molecule has 1 rings (SSSR count). The van der Waals surface area contributed by atoms with Crippen LogP contribution >= 0.6 is 0 Å². The maximum absolute atomic E-state index is 12.4. The summed E-state index contributed by atoms with van der Waals surface area (Å²) in [4.78, 5) is 3.74. The van der Waals surface area contributed by atoms with Crippen molar-refractivity contribution in [1.82, 2.24) is 4.98 Å². The fraction of sp³-hybridized carbons (Fsp3) is 0.375. The van der Waals surface area contributed by atoms with Crippen LogP contribution < -0.4 is 16.2 Å². The number of rotatable bonds is 3. The molecule has 0 unspecified atom stereocenters. The largest absolute Gasteiger partial charge is 0.493 e. The third-order valence-corrected chi connectivity index (χ3v) is 1.81. The van der Waals surface area contributed by atoms with E-state index < -0.39 is 6.43 Å². The van der Waals surface area contributed by atoms with E-state index in [0.717, 1.165) is 6.20 Å². The van der Waals surface area contributed by atoms with Crippen LogP contribution in [-0.4, -0.2) is 12.1 Å². The number of methoxy groups -OCH3 is 1. The molecular formula is C8H11F2N3O. The van der Waals surface area contributed by atoms with Crippen LogP contribution in [0.25, 0.3) is 0 Å². The predicted molar refractivity (Wildman–Crippen MR) is 48.0 cm³/mol. The molecule has 0 amide bonds. The number of nitrogens with zero attached hydrogens (tertiary/aromatic N) is 1. The third-order valence-electron chi connectivity index (χ3n) is 1.81. The van der Waals surface area contributed by atoms with E-state index in [1.54, 1.807) is 0 Å². The van der Waals surface area contributed by atoms with Gasteiger partial charge in [0.05, 0.1) is 24.1 Å². The molecule has 0 radical (unpaired) electrons. The topological polar surface area (TPSA) is 74.2 Å². The Kier molecular flexibility index (Phi) is 3.19. The highest BCUT2D eigenvalue weighted by Gasteiger charge is 2.18. The molecule has 4 nitrogen and oxygen atoms in total. The first-order chi connectivity index (χ1) is 6.61. The fourth-order valence-electron chi connectivity index (χ4n) is 1.11. The van der Waals surface area contributed by atoms with Gasteiger partial charge in [0.25, 0.3) is 6.43 Å². The van der Waals surface area contributed by atoms with Crippen LogP contribution in [0.2, 0.25) is 0 Å².